The summed E-state index contributed by atoms with van der Waals surface area (Å²) >= 11 is 0. The predicted octanol–water partition coefficient (Wildman–Crippen LogP) is 5.15. The number of para-hydroxylation sites is 2. The van der Waals surface area contributed by atoms with E-state index in [4.69, 9.17) is 4.98 Å². The number of halogens is 2. The van der Waals surface area contributed by atoms with Crippen LogP contribution in [0.15, 0.2) is 72.8 Å². The first-order valence-corrected chi connectivity index (χ1v) is 11.1. The number of rotatable bonds is 5. The third kappa shape index (κ3) is 4.64. The summed E-state index contributed by atoms with van der Waals surface area (Å²) in [7, 11) is 0. The first-order valence-electron chi connectivity index (χ1n) is 11.1. The summed E-state index contributed by atoms with van der Waals surface area (Å²) < 4.78 is 28.7. The third-order valence-electron chi connectivity index (χ3n) is 6.07. The van der Waals surface area contributed by atoms with Crippen molar-refractivity contribution in [2.45, 2.75) is 19.4 Å². The van der Waals surface area contributed by atoms with Gasteiger partial charge in [0.1, 0.15) is 17.5 Å². The molecule has 1 N–H and O–H groups in total. The molecule has 1 aliphatic heterocycles. The molecule has 2 heterocycles. The monoisotopic (exact) mass is 446 g/mol. The Kier molecular flexibility index (Phi) is 5.88. The zero-order valence-electron chi connectivity index (χ0n) is 18.0. The number of nitrogens with one attached hydrogen (secondary N) is 1. The van der Waals surface area contributed by atoms with Crippen LogP contribution in [-0.4, -0.2) is 33.4 Å². The lowest BCUT2D eigenvalue weighted by molar-refractivity contribution is -0.121. The van der Waals surface area contributed by atoms with Crippen molar-refractivity contribution in [3.8, 4) is 5.69 Å². The van der Waals surface area contributed by atoms with Crippen LogP contribution in [0.3, 0.4) is 0 Å². The van der Waals surface area contributed by atoms with Crippen LogP contribution in [0.4, 0.5) is 14.5 Å². The summed E-state index contributed by atoms with van der Waals surface area (Å²) in [4.78, 5) is 19.9. The van der Waals surface area contributed by atoms with Crippen LogP contribution in [0.1, 0.15) is 18.7 Å². The van der Waals surface area contributed by atoms with Crippen LogP contribution < -0.4 is 5.32 Å². The first-order chi connectivity index (χ1) is 16.1. The van der Waals surface area contributed by atoms with Crippen LogP contribution in [0, 0.1) is 17.6 Å². The van der Waals surface area contributed by atoms with Gasteiger partial charge in [-0.1, -0.05) is 12.1 Å². The van der Waals surface area contributed by atoms with Gasteiger partial charge in [-0.05, 0) is 80.1 Å². The molecular formula is C26H24F2N4O. The molecule has 0 spiro atoms. The van der Waals surface area contributed by atoms with E-state index in [0.29, 0.717) is 18.8 Å². The van der Waals surface area contributed by atoms with Gasteiger partial charge >= 0.3 is 0 Å². The molecule has 7 heteroatoms. The lowest BCUT2D eigenvalue weighted by atomic mass is 9.97. The van der Waals surface area contributed by atoms with Crippen molar-refractivity contribution in [3.63, 3.8) is 0 Å². The zero-order valence-corrected chi connectivity index (χ0v) is 18.0. The molecule has 1 aromatic heterocycles. The van der Waals surface area contributed by atoms with E-state index < -0.39 is 0 Å². The summed E-state index contributed by atoms with van der Waals surface area (Å²) in [6.45, 7) is 2.05. The molecule has 0 bridgehead atoms. The van der Waals surface area contributed by atoms with Gasteiger partial charge in [0.05, 0.1) is 23.5 Å². The molecule has 0 unspecified atom stereocenters. The van der Waals surface area contributed by atoms with E-state index in [1.807, 2.05) is 24.3 Å². The maximum atomic E-state index is 13.5. The minimum Gasteiger partial charge on any atom is -0.326 e. The van der Waals surface area contributed by atoms with Crippen LogP contribution in [0.5, 0.6) is 0 Å². The van der Waals surface area contributed by atoms with Crippen molar-refractivity contribution in [3.05, 3.63) is 90.3 Å². The molecule has 5 nitrogen and oxygen atoms in total. The summed E-state index contributed by atoms with van der Waals surface area (Å²) in [6, 6.07) is 20.1. The van der Waals surface area contributed by atoms with E-state index >= 15 is 0 Å². The Morgan fingerprint density at radius 2 is 1.67 bits per heavy atom. The Morgan fingerprint density at radius 3 is 2.42 bits per heavy atom. The van der Waals surface area contributed by atoms with Crippen LogP contribution in [0.25, 0.3) is 16.7 Å². The number of carbonyl (C=O) groups excluding carboxylic acids is 1. The number of fused-ring (bicyclic) bond motifs is 1. The minimum atomic E-state index is -0.333. The molecule has 1 aliphatic rings. The van der Waals surface area contributed by atoms with E-state index in [-0.39, 0.29) is 23.5 Å². The van der Waals surface area contributed by atoms with Crippen LogP contribution in [0.2, 0.25) is 0 Å². The predicted molar refractivity (Wildman–Crippen MR) is 124 cm³/mol. The lowest BCUT2D eigenvalue weighted by Gasteiger charge is -2.31. The summed E-state index contributed by atoms with van der Waals surface area (Å²) in [6.07, 6.45) is 1.70. The SMILES string of the molecule is O=C(Nc1ccc(F)cc1)[C@H]1CCCN(Cc2nc3ccccc3n2-c2ccc(F)cc2)C1. The Morgan fingerprint density at radius 1 is 0.970 bits per heavy atom. The molecule has 0 saturated carbocycles. The van der Waals surface area contributed by atoms with Crippen molar-refractivity contribution >= 4 is 22.6 Å². The van der Waals surface area contributed by atoms with E-state index in [1.165, 1.54) is 24.3 Å². The Labute approximate surface area is 190 Å². The summed E-state index contributed by atoms with van der Waals surface area (Å²) in [5.74, 6) is 0.0184. The van der Waals surface area contributed by atoms with E-state index in [9.17, 15) is 13.6 Å². The molecule has 168 valence electrons. The number of amides is 1. The van der Waals surface area contributed by atoms with Gasteiger partial charge in [0, 0.05) is 17.9 Å². The Balaban J connectivity index is 1.36. The highest BCUT2D eigenvalue weighted by Crippen LogP contribution is 2.25. The number of imidazole rings is 1. The number of hydrogen-bond acceptors (Lipinski definition) is 3. The molecular weight excluding hydrogens is 422 g/mol. The summed E-state index contributed by atoms with van der Waals surface area (Å²) in [5.41, 5.74) is 3.28. The second-order valence-electron chi connectivity index (χ2n) is 8.40. The number of anilines is 1. The first kappa shape index (κ1) is 21.3. The number of benzene rings is 3. The summed E-state index contributed by atoms with van der Waals surface area (Å²) in [5, 5.41) is 2.90. The average Bonchev–Trinajstić information content (AvgIpc) is 3.19. The standard InChI is InChI=1S/C26H24F2N4O/c27-19-7-11-21(12-8-19)29-26(33)18-4-3-15-31(16-18)17-25-30-23-5-1-2-6-24(23)32(25)22-13-9-20(28)10-14-22/h1-2,5-14,18H,3-4,15-17H2,(H,29,33)/t18-/m0/s1. The highest BCUT2D eigenvalue weighted by atomic mass is 19.1. The molecule has 4 aromatic rings. The van der Waals surface area contributed by atoms with Gasteiger partial charge in [-0.2, -0.15) is 0 Å². The molecule has 5 rings (SSSR count). The second kappa shape index (κ2) is 9.11. The van der Waals surface area contributed by atoms with Gasteiger partial charge in [-0.25, -0.2) is 13.8 Å². The second-order valence-corrected chi connectivity index (χ2v) is 8.40. The molecule has 33 heavy (non-hydrogen) atoms. The molecule has 0 aliphatic carbocycles. The van der Waals surface area contributed by atoms with Crippen LogP contribution in [-0.2, 0) is 11.3 Å². The number of likely N-dealkylation sites (tertiary alicyclic amines) is 1. The largest absolute Gasteiger partial charge is 0.326 e. The van der Waals surface area contributed by atoms with Gasteiger partial charge in [0.25, 0.3) is 0 Å². The van der Waals surface area contributed by atoms with Crippen molar-refractivity contribution in [1.29, 1.82) is 0 Å². The molecule has 1 atom stereocenters. The minimum absolute atomic E-state index is 0.0571. The maximum absolute atomic E-state index is 13.5. The highest BCUT2D eigenvalue weighted by molar-refractivity contribution is 5.92. The van der Waals surface area contributed by atoms with Crippen molar-refractivity contribution in [1.82, 2.24) is 14.5 Å². The molecule has 1 amide bonds. The topological polar surface area (TPSA) is 50.2 Å². The quantitative estimate of drug-likeness (QED) is 0.461. The molecule has 1 saturated heterocycles. The molecule has 3 aromatic carbocycles. The number of hydrogen-bond donors (Lipinski definition) is 1. The fourth-order valence-electron chi connectivity index (χ4n) is 4.45. The van der Waals surface area contributed by atoms with E-state index in [0.717, 1.165) is 41.9 Å². The molecule has 1 fully saturated rings. The van der Waals surface area contributed by atoms with E-state index in [1.54, 1.807) is 24.3 Å². The van der Waals surface area contributed by atoms with Crippen LogP contribution >= 0.6 is 0 Å². The Hall–Kier alpha value is -3.58. The van der Waals surface area contributed by atoms with Crippen molar-refractivity contribution in [2.24, 2.45) is 5.92 Å². The van der Waals surface area contributed by atoms with Gasteiger partial charge in [0.2, 0.25) is 5.91 Å². The van der Waals surface area contributed by atoms with Gasteiger partial charge in [-0.15, -0.1) is 0 Å². The third-order valence-corrected chi connectivity index (χ3v) is 6.07. The smallest absolute Gasteiger partial charge is 0.228 e. The fourth-order valence-corrected chi connectivity index (χ4v) is 4.45. The fraction of sp³-hybridized carbons (Fsp3) is 0.231. The number of nitrogens with zero attached hydrogens (tertiary/aromatic N) is 3. The van der Waals surface area contributed by atoms with E-state index in [2.05, 4.69) is 14.8 Å². The van der Waals surface area contributed by atoms with Gasteiger partial charge in [-0.3, -0.25) is 14.3 Å². The normalized spacial score (nSPS) is 16.7. The molecule has 0 radical (unpaired) electrons. The van der Waals surface area contributed by atoms with Crippen molar-refractivity contribution in [2.75, 3.05) is 18.4 Å². The zero-order chi connectivity index (χ0) is 22.8. The maximum Gasteiger partial charge on any atom is 0.228 e. The average molecular weight is 447 g/mol. The Bertz CT molecular complexity index is 1270. The van der Waals surface area contributed by atoms with Gasteiger partial charge in [0.15, 0.2) is 0 Å². The lowest BCUT2D eigenvalue weighted by Crippen LogP contribution is -2.40. The number of aromatic nitrogens is 2. The van der Waals surface area contributed by atoms with Crippen molar-refractivity contribution < 1.29 is 13.6 Å². The number of piperidine rings is 1. The number of carbonyl (C=O) groups is 1. The van der Waals surface area contributed by atoms with Gasteiger partial charge < -0.3 is 5.32 Å². The highest BCUT2D eigenvalue weighted by Gasteiger charge is 2.27.